The van der Waals surface area contributed by atoms with Gasteiger partial charge in [0.1, 0.15) is 6.61 Å². The number of carbonyl (C=O) groups excluding carboxylic acids is 3. The molecule has 0 spiro atoms. The summed E-state index contributed by atoms with van der Waals surface area (Å²) in [5.41, 5.74) is -0.662. The molecule has 0 aliphatic heterocycles. The zero-order chi connectivity index (χ0) is 21.4. The van der Waals surface area contributed by atoms with E-state index in [1.807, 2.05) is 0 Å². The molecule has 1 unspecified atom stereocenters. The van der Waals surface area contributed by atoms with Crippen LogP contribution in [0.25, 0.3) is 0 Å². The molecule has 0 aromatic rings. The lowest BCUT2D eigenvalue weighted by Gasteiger charge is -2.38. The number of hydrogen-bond acceptors (Lipinski definition) is 10. The molecule has 0 saturated carbocycles. The molecule has 0 saturated heterocycles. The Labute approximate surface area is 156 Å². The second kappa shape index (κ2) is 9.97. The largest absolute Gasteiger partial charge is 0.446 e. The Bertz CT molecular complexity index is 608. The first-order valence-electron chi connectivity index (χ1n) is 7.59. The van der Waals surface area contributed by atoms with Crippen LogP contribution in [0.2, 0.25) is 0 Å². The van der Waals surface area contributed by atoms with Gasteiger partial charge in [0.25, 0.3) is 0 Å². The van der Waals surface area contributed by atoms with E-state index in [9.17, 15) is 24.6 Å². The van der Waals surface area contributed by atoms with E-state index in [1.54, 1.807) is 0 Å². The summed E-state index contributed by atoms with van der Waals surface area (Å²) >= 11 is 0. The first-order valence-corrected chi connectivity index (χ1v) is 7.59. The van der Waals surface area contributed by atoms with Gasteiger partial charge in [-0.05, 0) is 20.8 Å². The smallest absolute Gasteiger partial charge is 0.416 e. The lowest BCUT2D eigenvalue weighted by molar-refractivity contribution is -0.447. The van der Waals surface area contributed by atoms with Crippen molar-refractivity contribution < 1.29 is 48.7 Å². The molecule has 0 aromatic carbocycles. The highest BCUT2D eigenvalue weighted by atomic mass is 16.9. The Hall–Kier alpha value is -2.53. The fraction of sp³-hybridized carbons (Fsp3) is 0.471. The van der Waals surface area contributed by atoms with Crippen LogP contribution >= 0.6 is 0 Å². The molecule has 0 radical (unpaired) electrons. The summed E-state index contributed by atoms with van der Waals surface area (Å²) in [7, 11) is 0. The van der Waals surface area contributed by atoms with Gasteiger partial charge in [0.15, 0.2) is 0 Å². The van der Waals surface area contributed by atoms with Crippen LogP contribution < -0.4 is 0 Å². The van der Waals surface area contributed by atoms with Crippen LogP contribution in [-0.4, -0.2) is 64.8 Å². The van der Waals surface area contributed by atoms with Crippen molar-refractivity contribution >= 4 is 17.9 Å². The van der Waals surface area contributed by atoms with Gasteiger partial charge < -0.3 is 34.3 Å². The van der Waals surface area contributed by atoms with Gasteiger partial charge in [-0.25, -0.2) is 14.4 Å². The fourth-order valence-corrected chi connectivity index (χ4v) is 1.31. The lowest BCUT2D eigenvalue weighted by Crippen LogP contribution is -2.64. The number of esters is 3. The van der Waals surface area contributed by atoms with Crippen LogP contribution in [0.15, 0.2) is 36.5 Å². The van der Waals surface area contributed by atoms with Crippen LogP contribution in [-0.2, 0) is 33.3 Å². The van der Waals surface area contributed by atoms with Gasteiger partial charge in [-0.2, -0.15) is 0 Å². The van der Waals surface area contributed by atoms with Crippen molar-refractivity contribution in [2.24, 2.45) is 0 Å². The summed E-state index contributed by atoms with van der Waals surface area (Å²) in [5, 5.41) is 30.1. The molecule has 0 aliphatic carbocycles. The summed E-state index contributed by atoms with van der Waals surface area (Å²) in [6.45, 7) is 11.7. The SMILES string of the molecule is C=C(C)C(=O)OC(O)(COCCO)C(O)(OC(=O)C(=C)C)OC(=O)C(=C)C. The normalized spacial score (nSPS) is 13.1. The molecule has 0 aromatic heterocycles. The average molecular weight is 388 g/mol. The summed E-state index contributed by atoms with van der Waals surface area (Å²) in [6.07, 6.45) is 0. The molecule has 0 aliphatic rings. The van der Waals surface area contributed by atoms with Gasteiger partial charge in [-0.15, -0.1) is 0 Å². The van der Waals surface area contributed by atoms with Gasteiger partial charge in [-0.1, -0.05) is 19.7 Å². The van der Waals surface area contributed by atoms with E-state index in [0.717, 1.165) is 0 Å². The molecule has 152 valence electrons. The number of carbonyl (C=O) groups is 3. The lowest BCUT2D eigenvalue weighted by atomic mass is 10.2. The highest BCUT2D eigenvalue weighted by Gasteiger charge is 2.62. The molecular formula is C17H24O10. The van der Waals surface area contributed by atoms with Crippen molar-refractivity contribution in [3.05, 3.63) is 36.5 Å². The predicted molar refractivity (Wildman–Crippen MR) is 90.5 cm³/mol. The zero-order valence-electron chi connectivity index (χ0n) is 15.4. The zero-order valence-corrected chi connectivity index (χ0v) is 15.4. The maximum atomic E-state index is 11.9. The van der Waals surface area contributed by atoms with Crippen molar-refractivity contribution in [3.63, 3.8) is 0 Å². The minimum absolute atomic E-state index is 0.199. The minimum atomic E-state index is -3.53. The molecule has 0 heterocycles. The van der Waals surface area contributed by atoms with E-state index in [0.29, 0.717) is 0 Å². The summed E-state index contributed by atoms with van der Waals surface area (Å²) in [5.74, 6) is -10.5. The molecule has 1 atom stereocenters. The van der Waals surface area contributed by atoms with Gasteiger partial charge in [0.05, 0.1) is 13.2 Å². The Morgan fingerprint density at radius 2 is 1.19 bits per heavy atom. The molecule has 3 N–H and O–H groups in total. The van der Waals surface area contributed by atoms with Crippen molar-refractivity contribution in [3.8, 4) is 0 Å². The van der Waals surface area contributed by atoms with E-state index in [-0.39, 0.29) is 23.3 Å². The van der Waals surface area contributed by atoms with Crippen molar-refractivity contribution in [1.29, 1.82) is 0 Å². The molecule has 10 nitrogen and oxygen atoms in total. The third kappa shape index (κ3) is 6.94. The van der Waals surface area contributed by atoms with Gasteiger partial charge in [0.2, 0.25) is 0 Å². The first kappa shape index (κ1) is 24.5. The monoisotopic (exact) mass is 388 g/mol. The predicted octanol–water partition coefficient (Wildman–Crippen LogP) is -0.312. The standard InChI is InChI=1S/C17H24O10/c1-10(2)13(19)25-16(22,9-24-8-7-18)17(23,26-14(20)11(3)4)27-15(21)12(5)6/h18,22-23H,1,3,5,7-9H2,2,4,6H3. The Morgan fingerprint density at radius 3 is 1.52 bits per heavy atom. The van der Waals surface area contributed by atoms with E-state index in [1.165, 1.54) is 20.8 Å². The molecule has 0 rings (SSSR count). The highest BCUT2D eigenvalue weighted by Crippen LogP contribution is 2.30. The van der Waals surface area contributed by atoms with Crippen molar-refractivity contribution in [2.75, 3.05) is 19.8 Å². The van der Waals surface area contributed by atoms with E-state index < -0.39 is 42.9 Å². The highest BCUT2D eigenvalue weighted by molar-refractivity contribution is 5.89. The summed E-state index contributed by atoms with van der Waals surface area (Å²) < 4.78 is 18.8. The van der Waals surface area contributed by atoms with Gasteiger partial charge in [-0.3, -0.25) is 0 Å². The number of rotatable bonds is 11. The Kier molecular flexibility index (Phi) is 9.04. The maximum Gasteiger partial charge on any atom is 0.446 e. The first-order chi connectivity index (χ1) is 12.3. The minimum Gasteiger partial charge on any atom is -0.416 e. The number of aliphatic hydroxyl groups is 3. The topological polar surface area (TPSA) is 149 Å². The van der Waals surface area contributed by atoms with Gasteiger partial charge >= 0.3 is 29.7 Å². The number of ether oxygens (including phenoxy) is 4. The van der Waals surface area contributed by atoms with Crippen LogP contribution in [0.5, 0.6) is 0 Å². The van der Waals surface area contributed by atoms with Gasteiger partial charge in [0, 0.05) is 16.7 Å². The molecule has 10 heteroatoms. The van der Waals surface area contributed by atoms with E-state index >= 15 is 0 Å². The molecular weight excluding hydrogens is 364 g/mol. The van der Waals surface area contributed by atoms with Crippen LogP contribution in [0.4, 0.5) is 0 Å². The quantitative estimate of drug-likeness (QED) is 0.186. The molecule has 27 heavy (non-hydrogen) atoms. The fourth-order valence-electron chi connectivity index (χ4n) is 1.31. The third-order valence-corrected chi connectivity index (χ3v) is 2.80. The number of hydrogen-bond donors (Lipinski definition) is 3. The number of aliphatic hydroxyl groups excluding tert-OH is 1. The molecule has 0 fully saturated rings. The molecule has 0 bridgehead atoms. The van der Waals surface area contributed by atoms with Crippen LogP contribution in [0, 0.1) is 0 Å². The second-order valence-electron chi connectivity index (χ2n) is 5.65. The van der Waals surface area contributed by atoms with Crippen LogP contribution in [0.3, 0.4) is 0 Å². The molecule has 0 amide bonds. The maximum absolute atomic E-state index is 11.9. The third-order valence-electron chi connectivity index (χ3n) is 2.80. The summed E-state index contributed by atoms with van der Waals surface area (Å²) in [6, 6.07) is 0. The van der Waals surface area contributed by atoms with Crippen molar-refractivity contribution in [2.45, 2.75) is 32.5 Å². The van der Waals surface area contributed by atoms with Crippen LogP contribution in [0.1, 0.15) is 20.8 Å². The average Bonchev–Trinajstić information content (AvgIpc) is 2.54. The summed E-state index contributed by atoms with van der Waals surface area (Å²) in [4.78, 5) is 35.6. The van der Waals surface area contributed by atoms with Crippen molar-refractivity contribution in [1.82, 2.24) is 0 Å². The Balaban J connectivity index is 6.10. The van der Waals surface area contributed by atoms with E-state index in [4.69, 9.17) is 14.6 Å². The Morgan fingerprint density at radius 1 is 0.815 bits per heavy atom. The van der Waals surface area contributed by atoms with E-state index in [2.05, 4.69) is 29.2 Å². The second-order valence-corrected chi connectivity index (χ2v) is 5.65.